The minimum absolute atomic E-state index is 0.288. The van der Waals surface area contributed by atoms with Crippen molar-refractivity contribution in [2.24, 2.45) is 0 Å². The van der Waals surface area contributed by atoms with E-state index in [1.165, 1.54) is 7.11 Å². The van der Waals surface area contributed by atoms with Crippen LogP contribution in [-0.2, 0) is 9.53 Å². The molecule has 1 atom stereocenters. The number of nitrogens with zero attached hydrogens (tertiary/aromatic N) is 2. The van der Waals surface area contributed by atoms with Gasteiger partial charge in [0.05, 0.1) is 57.8 Å². The molecular formula is C52H43N5O7. The van der Waals surface area contributed by atoms with Gasteiger partial charge in [-0.25, -0.2) is 14.8 Å². The second kappa shape index (κ2) is 17.6. The summed E-state index contributed by atoms with van der Waals surface area (Å²) in [6.45, 7) is -0.606. The molecule has 0 fully saturated rings. The van der Waals surface area contributed by atoms with Gasteiger partial charge in [-0.1, -0.05) is 48.5 Å². The molecule has 318 valence electrons. The molecule has 12 nitrogen and oxygen atoms in total. The lowest BCUT2D eigenvalue weighted by atomic mass is 10.0. The molecule has 1 unspecified atom stereocenters. The third-order valence-corrected chi connectivity index (χ3v) is 11.2. The first kappa shape index (κ1) is 41.1. The van der Waals surface area contributed by atoms with E-state index in [-0.39, 0.29) is 5.56 Å². The molecule has 0 radical (unpaired) electrons. The molecule has 7 aromatic rings. The molecule has 8 bridgehead atoms. The van der Waals surface area contributed by atoms with Crippen molar-refractivity contribution in [1.82, 2.24) is 25.3 Å². The van der Waals surface area contributed by atoms with Crippen LogP contribution < -0.4 is 19.5 Å². The van der Waals surface area contributed by atoms with Crippen LogP contribution in [0.15, 0.2) is 121 Å². The van der Waals surface area contributed by atoms with Crippen molar-refractivity contribution in [3.63, 3.8) is 0 Å². The lowest BCUT2D eigenvalue weighted by Crippen LogP contribution is -2.44. The van der Waals surface area contributed by atoms with Crippen LogP contribution in [0.4, 0.5) is 0 Å². The number of hydrogen-bond donors (Lipinski definition) is 4. The maximum atomic E-state index is 13.3. The molecule has 0 spiro atoms. The Hall–Kier alpha value is -8.22. The summed E-state index contributed by atoms with van der Waals surface area (Å²) < 4.78 is 21.8. The van der Waals surface area contributed by atoms with E-state index < -0.39 is 24.5 Å². The van der Waals surface area contributed by atoms with E-state index in [4.69, 9.17) is 28.9 Å². The fourth-order valence-electron chi connectivity index (χ4n) is 8.11. The molecule has 2 aliphatic heterocycles. The Morgan fingerprint density at radius 1 is 0.531 bits per heavy atom. The molecule has 0 saturated heterocycles. The number of aromatic nitrogens is 4. The van der Waals surface area contributed by atoms with Crippen molar-refractivity contribution < 1.29 is 33.6 Å². The van der Waals surface area contributed by atoms with E-state index in [1.54, 1.807) is 33.5 Å². The zero-order valence-electron chi connectivity index (χ0n) is 35.4. The van der Waals surface area contributed by atoms with Gasteiger partial charge in [-0.15, -0.1) is 0 Å². The summed E-state index contributed by atoms with van der Waals surface area (Å²) in [6, 6.07) is 37.7. The van der Waals surface area contributed by atoms with Gasteiger partial charge in [0.25, 0.3) is 5.91 Å². The molecule has 4 N–H and O–H groups in total. The van der Waals surface area contributed by atoms with E-state index in [0.29, 0.717) is 28.6 Å². The van der Waals surface area contributed by atoms with Gasteiger partial charge in [0.15, 0.2) is 6.04 Å². The van der Waals surface area contributed by atoms with Gasteiger partial charge in [-0.3, -0.25) is 4.79 Å². The van der Waals surface area contributed by atoms with Crippen molar-refractivity contribution in [2.45, 2.75) is 6.04 Å². The van der Waals surface area contributed by atoms with E-state index >= 15 is 0 Å². The lowest BCUT2D eigenvalue weighted by Gasteiger charge is -2.14. The molecule has 64 heavy (non-hydrogen) atoms. The number of carbonyl (C=O) groups excluding carboxylic acids is 2. The molecule has 12 heteroatoms. The summed E-state index contributed by atoms with van der Waals surface area (Å²) in [5, 5.41) is 12.3. The normalized spacial score (nSPS) is 12.1. The summed E-state index contributed by atoms with van der Waals surface area (Å²) in [5.74, 6) is 0.827. The molecule has 4 aromatic carbocycles. The number of benzene rings is 4. The number of esters is 1. The van der Waals surface area contributed by atoms with Crippen LogP contribution in [0.5, 0.6) is 17.2 Å². The Morgan fingerprint density at radius 2 is 0.906 bits per heavy atom. The van der Waals surface area contributed by atoms with Crippen LogP contribution in [0.2, 0.25) is 0 Å². The van der Waals surface area contributed by atoms with Crippen LogP contribution in [0.25, 0.3) is 90.9 Å². The topological polar surface area (TPSA) is 161 Å². The average molecular weight is 850 g/mol. The molecule has 3 aromatic heterocycles. The minimum atomic E-state index is -1.20. The van der Waals surface area contributed by atoms with Gasteiger partial charge in [0, 0.05) is 49.9 Å². The molecule has 0 aliphatic carbocycles. The van der Waals surface area contributed by atoms with Crippen LogP contribution in [0, 0.1) is 0 Å². The van der Waals surface area contributed by atoms with E-state index in [9.17, 15) is 14.7 Å². The van der Waals surface area contributed by atoms with Gasteiger partial charge in [0.1, 0.15) is 17.2 Å². The van der Waals surface area contributed by atoms with Gasteiger partial charge in [-0.2, -0.15) is 0 Å². The highest BCUT2D eigenvalue weighted by Gasteiger charge is 2.23. The number of aliphatic hydroxyl groups excluding tert-OH is 1. The van der Waals surface area contributed by atoms with Gasteiger partial charge >= 0.3 is 5.97 Å². The van der Waals surface area contributed by atoms with Gasteiger partial charge < -0.3 is 39.3 Å². The predicted octanol–water partition coefficient (Wildman–Crippen LogP) is 9.61. The standard InChI is InChI=1S/C52H43N5O7/c1-61-35-11-5-8-32(26-35)48-40-20-18-38(53-40)47(30-14-16-31(17-15-30)51(59)57-46(29-58)52(60)64-4)39-19-21-41(54-39)49(33-9-6-12-36(27-33)62-2)43-23-25-45(56-43)50(44-24-22-42(48)55-44)34-10-7-13-37(28-34)63-3/h5-28,46,53,56,58H,29H2,1-4H3,(H,57,59). The van der Waals surface area contributed by atoms with Crippen molar-refractivity contribution >= 4 is 58.2 Å². The zero-order chi connectivity index (χ0) is 44.3. The Morgan fingerprint density at radius 3 is 1.25 bits per heavy atom. The zero-order valence-corrected chi connectivity index (χ0v) is 35.4. The summed E-state index contributed by atoms with van der Waals surface area (Å²) in [4.78, 5) is 43.6. The van der Waals surface area contributed by atoms with Crippen molar-refractivity contribution in [3.8, 4) is 61.8 Å². The van der Waals surface area contributed by atoms with E-state index in [0.717, 1.165) is 78.0 Å². The predicted molar refractivity (Wildman–Crippen MR) is 251 cm³/mol. The second-order valence-corrected chi connectivity index (χ2v) is 15.0. The monoisotopic (exact) mass is 849 g/mol. The van der Waals surface area contributed by atoms with Crippen molar-refractivity contribution in [1.29, 1.82) is 0 Å². The quantitative estimate of drug-likeness (QED) is 0.0930. The number of methoxy groups -OCH3 is 4. The smallest absolute Gasteiger partial charge is 0.330 e. The number of H-pyrrole nitrogens is 2. The Bertz CT molecular complexity index is 3140. The minimum Gasteiger partial charge on any atom is -0.497 e. The number of nitrogens with one attached hydrogen (secondary N) is 3. The number of fused-ring (bicyclic) bond motifs is 8. The first-order chi connectivity index (χ1) is 31.3. The van der Waals surface area contributed by atoms with Gasteiger partial charge in [0.2, 0.25) is 0 Å². The molecule has 5 heterocycles. The maximum absolute atomic E-state index is 13.3. The third-order valence-electron chi connectivity index (χ3n) is 11.2. The number of amides is 1. The summed E-state index contributed by atoms with van der Waals surface area (Å²) in [5.41, 5.74) is 13.2. The fraction of sp³-hybridized carbons (Fsp3) is 0.115. The highest BCUT2D eigenvalue weighted by atomic mass is 16.5. The van der Waals surface area contributed by atoms with Crippen LogP contribution in [0.3, 0.4) is 0 Å². The SMILES string of the molecule is COC(=O)C(CO)NC(=O)c1ccc(-c2c3nc(c(-c4cccc(OC)c4)c4ccc([nH]4)c(-c4cccc(OC)c4)c4nc(c(-c5cccc(OC)c5)c5ccc2[nH]5)C=C4)C=C3)cc1. The highest BCUT2D eigenvalue weighted by molar-refractivity contribution is 6.01. The Labute approximate surface area is 368 Å². The summed E-state index contributed by atoms with van der Waals surface area (Å²) >= 11 is 0. The molecule has 0 saturated carbocycles. The van der Waals surface area contributed by atoms with Crippen LogP contribution >= 0.6 is 0 Å². The van der Waals surface area contributed by atoms with Crippen molar-refractivity contribution in [2.75, 3.05) is 35.0 Å². The fourth-order valence-corrected chi connectivity index (χ4v) is 8.11. The number of rotatable bonds is 11. The first-order valence-corrected chi connectivity index (χ1v) is 20.5. The van der Waals surface area contributed by atoms with E-state index in [2.05, 4.69) is 33.5 Å². The third kappa shape index (κ3) is 7.89. The lowest BCUT2D eigenvalue weighted by molar-refractivity contribution is -0.143. The summed E-state index contributed by atoms with van der Waals surface area (Å²) in [6.07, 6.45) is 8.05. The number of ether oxygens (including phenoxy) is 4. The largest absolute Gasteiger partial charge is 0.497 e. The Kier molecular flexibility index (Phi) is 11.3. The van der Waals surface area contributed by atoms with Crippen LogP contribution in [-0.4, -0.2) is 78.0 Å². The number of carbonyl (C=O) groups is 2. The van der Waals surface area contributed by atoms with E-state index in [1.807, 2.05) is 115 Å². The molecule has 9 rings (SSSR count). The highest BCUT2D eigenvalue weighted by Crippen LogP contribution is 2.40. The van der Waals surface area contributed by atoms with Gasteiger partial charge in [-0.05, 0) is 119 Å². The van der Waals surface area contributed by atoms with Crippen LogP contribution in [0.1, 0.15) is 33.1 Å². The number of aliphatic hydroxyl groups is 1. The average Bonchev–Trinajstić information content (AvgIpc) is 4.19. The maximum Gasteiger partial charge on any atom is 0.330 e. The molecule has 1 amide bonds. The molecular weight excluding hydrogens is 807 g/mol. The number of hydrogen-bond acceptors (Lipinski definition) is 9. The second-order valence-electron chi connectivity index (χ2n) is 15.0. The first-order valence-electron chi connectivity index (χ1n) is 20.5. The summed E-state index contributed by atoms with van der Waals surface area (Å²) in [7, 11) is 6.15. The Balaban J connectivity index is 1.37. The molecule has 2 aliphatic rings. The van der Waals surface area contributed by atoms with Crippen molar-refractivity contribution in [3.05, 3.63) is 150 Å². The number of aromatic amines is 2.